The molecule has 0 bridgehead atoms. The monoisotopic (exact) mass is 304 g/mol. The first-order valence-corrected chi connectivity index (χ1v) is 8.80. The van der Waals surface area contributed by atoms with E-state index >= 15 is 0 Å². The van der Waals surface area contributed by atoms with Crippen LogP contribution in [0.15, 0.2) is 11.4 Å². The van der Waals surface area contributed by atoms with Gasteiger partial charge in [0, 0.05) is 24.4 Å². The Morgan fingerprint density at radius 3 is 2.76 bits per heavy atom. The average Bonchev–Trinajstić information content (AvgIpc) is 3.14. The Bertz CT molecular complexity index is 583. The van der Waals surface area contributed by atoms with Crippen LogP contribution in [0.1, 0.15) is 48.6 Å². The van der Waals surface area contributed by atoms with Gasteiger partial charge in [-0.15, -0.1) is 11.3 Å². The number of carbonyl (C=O) groups is 2. The molecule has 1 aromatic heterocycles. The molecule has 21 heavy (non-hydrogen) atoms. The zero-order valence-corrected chi connectivity index (χ0v) is 12.9. The summed E-state index contributed by atoms with van der Waals surface area (Å²) in [6.45, 7) is 1.35. The van der Waals surface area contributed by atoms with E-state index in [1.54, 1.807) is 11.3 Å². The van der Waals surface area contributed by atoms with Crippen LogP contribution in [0.4, 0.5) is 0 Å². The maximum absolute atomic E-state index is 12.9. The van der Waals surface area contributed by atoms with Crippen LogP contribution in [0.25, 0.3) is 0 Å². The van der Waals surface area contributed by atoms with E-state index in [1.807, 2.05) is 9.80 Å². The fourth-order valence-corrected chi connectivity index (χ4v) is 5.06. The Hall–Kier alpha value is -1.36. The van der Waals surface area contributed by atoms with Gasteiger partial charge in [0.15, 0.2) is 0 Å². The minimum Gasteiger partial charge on any atom is -0.333 e. The average molecular weight is 304 g/mol. The summed E-state index contributed by atoms with van der Waals surface area (Å²) in [6.07, 6.45) is 5.60. The third kappa shape index (κ3) is 2.09. The molecule has 0 saturated carbocycles. The fraction of sp³-hybridized carbons (Fsp3) is 0.625. The van der Waals surface area contributed by atoms with Crippen molar-refractivity contribution in [1.29, 1.82) is 0 Å². The van der Waals surface area contributed by atoms with Crippen molar-refractivity contribution in [2.75, 3.05) is 13.1 Å². The maximum Gasteiger partial charge on any atom is 0.245 e. The minimum absolute atomic E-state index is 0.162. The van der Waals surface area contributed by atoms with Crippen molar-refractivity contribution in [1.82, 2.24) is 9.80 Å². The lowest BCUT2D eigenvalue weighted by atomic mass is 9.92. The first kappa shape index (κ1) is 13.3. The summed E-state index contributed by atoms with van der Waals surface area (Å²) in [7, 11) is 0. The fourth-order valence-electron chi connectivity index (χ4n) is 4.08. The number of aryl methyl sites for hydroxylation is 1. The summed E-state index contributed by atoms with van der Waals surface area (Å²) in [4.78, 5) is 30.4. The van der Waals surface area contributed by atoms with E-state index < -0.39 is 0 Å². The van der Waals surface area contributed by atoms with Gasteiger partial charge in [0.25, 0.3) is 0 Å². The summed E-state index contributed by atoms with van der Waals surface area (Å²) in [5.41, 5.74) is 1.33. The lowest BCUT2D eigenvalue weighted by molar-refractivity contribution is -0.140. The smallest absolute Gasteiger partial charge is 0.245 e. The van der Waals surface area contributed by atoms with E-state index in [4.69, 9.17) is 0 Å². The van der Waals surface area contributed by atoms with Crippen molar-refractivity contribution in [3.63, 3.8) is 0 Å². The second-order valence-corrected chi connectivity index (χ2v) is 7.23. The number of hydrogen-bond acceptors (Lipinski definition) is 3. The zero-order valence-electron chi connectivity index (χ0n) is 12.1. The summed E-state index contributed by atoms with van der Waals surface area (Å²) < 4.78 is 0. The molecule has 3 aliphatic rings. The summed E-state index contributed by atoms with van der Waals surface area (Å²) in [5, 5.41) is 2.14. The van der Waals surface area contributed by atoms with Crippen LogP contribution < -0.4 is 0 Å². The van der Waals surface area contributed by atoms with E-state index in [0.717, 1.165) is 38.6 Å². The van der Waals surface area contributed by atoms with Gasteiger partial charge in [0.05, 0.1) is 6.04 Å². The van der Waals surface area contributed by atoms with Crippen molar-refractivity contribution in [3.05, 3.63) is 21.9 Å². The molecule has 1 aliphatic carbocycles. The molecule has 4 nitrogen and oxygen atoms in total. The zero-order chi connectivity index (χ0) is 14.4. The predicted octanol–water partition coefficient (Wildman–Crippen LogP) is 2.35. The Balaban J connectivity index is 1.66. The van der Waals surface area contributed by atoms with Gasteiger partial charge in [-0.05, 0) is 49.1 Å². The molecule has 2 atom stereocenters. The van der Waals surface area contributed by atoms with Crippen molar-refractivity contribution in [2.45, 2.75) is 50.6 Å². The highest BCUT2D eigenvalue weighted by atomic mass is 32.1. The van der Waals surface area contributed by atoms with Crippen molar-refractivity contribution in [2.24, 2.45) is 0 Å². The second kappa shape index (κ2) is 5.13. The number of nitrogens with zero attached hydrogens (tertiary/aromatic N) is 2. The normalized spacial score (nSPS) is 29.3. The standard InChI is InChI=1S/C16H20N2O2S/c19-15-6-9-18(16(20)13-4-2-8-17(13)15)12-3-1-5-14-11(12)7-10-21-14/h7,10,12-13H,1-6,8-9H2. The third-order valence-electron chi connectivity index (χ3n) is 5.10. The molecule has 1 aromatic rings. The van der Waals surface area contributed by atoms with Gasteiger partial charge in [-0.25, -0.2) is 0 Å². The van der Waals surface area contributed by atoms with Crippen LogP contribution in [0.3, 0.4) is 0 Å². The van der Waals surface area contributed by atoms with Gasteiger partial charge < -0.3 is 9.80 Å². The highest BCUT2D eigenvalue weighted by molar-refractivity contribution is 7.10. The molecule has 0 spiro atoms. The summed E-state index contributed by atoms with van der Waals surface area (Å²) in [6, 6.07) is 2.18. The van der Waals surface area contributed by atoms with Crippen LogP contribution in [0.5, 0.6) is 0 Å². The molecule has 5 heteroatoms. The third-order valence-corrected chi connectivity index (χ3v) is 6.10. The predicted molar refractivity (Wildman–Crippen MR) is 81.1 cm³/mol. The van der Waals surface area contributed by atoms with Crippen molar-refractivity contribution >= 4 is 23.2 Å². The SMILES string of the molecule is O=C1CCN(C2CCCc3sccc32)C(=O)C2CCCN12. The molecular formula is C16H20N2O2S. The van der Waals surface area contributed by atoms with Crippen molar-refractivity contribution in [3.8, 4) is 0 Å². The van der Waals surface area contributed by atoms with Crippen LogP contribution in [-0.4, -0.2) is 40.7 Å². The highest BCUT2D eigenvalue weighted by Crippen LogP contribution is 2.39. The Morgan fingerprint density at radius 1 is 1.00 bits per heavy atom. The quantitative estimate of drug-likeness (QED) is 0.799. The lowest BCUT2D eigenvalue weighted by Gasteiger charge is -2.35. The Morgan fingerprint density at radius 2 is 1.86 bits per heavy atom. The number of fused-ring (bicyclic) bond motifs is 2. The van der Waals surface area contributed by atoms with E-state index in [9.17, 15) is 9.59 Å². The van der Waals surface area contributed by atoms with E-state index in [2.05, 4.69) is 11.4 Å². The maximum atomic E-state index is 12.9. The number of thiophene rings is 1. The van der Waals surface area contributed by atoms with Gasteiger partial charge in [-0.2, -0.15) is 0 Å². The van der Waals surface area contributed by atoms with Crippen LogP contribution in [0, 0.1) is 0 Å². The van der Waals surface area contributed by atoms with E-state index in [1.165, 1.54) is 10.4 Å². The number of amides is 2. The van der Waals surface area contributed by atoms with Gasteiger partial charge in [0.1, 0.15) is 6.04 Å². The molecule has 3 heterocycles. The van der Waals surface area contributed by atoms with E-state index in [0.29, 0.717) is 13.0 Å². The Kier molecular flexibility index (Phi) is 3.25. The largest absolute Gasteiger partial charge is 0.333 e. The van der Waals surface area contributed by atoms with E-state index in [-0.39, 0.29) is 23.9 Å². The lowest BCUT2D eigenvalue weighted by Crippen LogP contribution is -2.45. The topological polar surface area (TPSA) is 40.6 Å². The molecule has 2 amide bonds. The second-order valence-electron chi connectivity index (χ2n) is 6.23. The molecule has 112 valence electrons. The molecule has 2 fully saturated rings. The van der Waals surface area contributed by atoms with Crippen LogP contribution >= 0.6 is 11.3 Å². The van der Waals surface area contributed by atoms with Crippen LogP contribution in [-0.2, 0) is 16.0 Å². The molecule has 4 rings (SSSR count). The number of hydrogen-bond donors (Lipinski definition) is 0. The molecular weight excluding hydrogens is 284 g/mol. The molecule has 2 saturated heterocycles. The Labute approximate surface area is 128 Å². The van der Waals surface area contributed by atoms with Crippen LogP contribution in [0.2, 0.25) is 0 Å². The molecule has 0 aromatic carbocycles. The minimum atomic E-state index is -0.191. The van der Waals surface area contributed by atoms with Gasteiger partial charge >= 0.3 is 0 Å². The molecule has 0 N–H and O–H groups in total. The number of carbonyl (C=O) groups excluding carboxylic acids is 2. The summed E-state index contributed by atoms with van der Waals surface area (Å²) >= 11 is 1.80. The highest BCUT2D eigenvalue weighted by Gasteiger charge is 2.42. The number of rotatable bonds is 1. The summed E-state index contributed by atoms with van der Waals surface area (Å²) in [5.74, 6) is 0.345. The first-order chi connectivity index (χ1) is 10.3. The molecule has 0 radical (unpaired) electrons. The molecule has 2 unspecified atom stereocenters. The molecule has 2 aliphatic heterocycles. The van der Waals surface area contributed by atoms with Gasteiger partial charge in [-0.1, -0.05) is 0 Å². The van der Waals surface area contributed by atoms with Gasteiger partial charge in [-0.3, -0.25) is 9.59 Å². The first-order valence-electron chi connectivity index (χ1n) is 7.92. The van der Waals surface area contributed by atoms with Gasteiger partial charge in [0.2, 0.25) is 11.8 Å². The van der Waals surface area contributed by atoms with Crippen molar-refractivity contribution < 1.29 is 9.59 Å².